The fourth-order valence-corrected chi connectivity index (χ4v) is 2.88. The lowest BCUT2D eigenvalue weighted by Gasteiger charge is -2.38. The Morgan fingerprint density at radius 2 is 1.95 bits per heavy atom. The van der Waals surface area contributed by atoms with Gasteiger partial charge in [-0.2, -0.15) is 0 Å². The topological polar surface area (TPSA) is 64.4 Å². The molecule has 1 aromatic carbocycles. The molecular weight excluding hydrogens is 288 g/mol. The molecule has 1 aliphatic rings. The number of carbonyl (C=O) groups excluding carboxylic acids is 1. The lowest BCUT2D eigenvalue weighted by Crippen LogP contribution is -2.44. The third kappa shape index (κ3) is 4.43. The molecule has 1 aliphatic heterocycles. The van der Waals surface area contributed by atoms with Crippen LogP contribution in [0.4, 0.5) is 0 Å². The van der Waals surface area contributed by atoms with Crippen LogP contribution in [0.2, 0.25) is 5.02 Å². The molecule has 1 saturated heterocycles. The molecule has 0 unspecified atom stereocenters. The smallest absolute Gasteiger partial charge is 0.220 e. The molecule has 0 aliphatic carbocycles. The predicted molar refractivity (Wildman–Crippen MR) is 84.5 cm³/mol. The first kappa shape index (κ1) is 16.3. The molecule has 0 saturated carbocycles. The zero-order valence-corrected chi connectivity index (χ0v) is 13.0. The van der Waals surface area contributed by atoms with Crippen molar-refractivity contribution in [2.45, 2.75) is 31.1 Å². The van der Waals surface area contributed by atoms with Crippen molar-refractivity contribution < 1.29 is 9.53 Å². The van der Waals surface area contributed by atoms with Crippen molar-refractivity contribution in [2.75, 3.05) is 26.3 Å². The average Bonchev–Trinajstić information content (AvgIpc) is 2.52. The normalized spacial score (nSPS) is 17.4. The van der Waals surface area contributed by atoms with Crippen molar-refractivity contribution in [3.05, 3.63) is 34.9 Å². The lowest BCUT2D eigenvalue weighted by atomic mass is 9.74. The van der Waals surface area contributed by atoms with E-state index in [9.17, 15) is 4.79 Å². The van der Waals surface area contributed by atoms with E-state index in [2.05, 4.69) is 17.4 Å². The van der Waals surface area contributed by atoms with Crippen LogP contribution in [0.1, 0.15) is 31.2 Å². The highest BCUT2D eigenvalue weighted by Crippen LogP contribution is 2.34. The van der Waals surface area contributed by atoms with Gasteiger partial charge in [0.25, 0.3) is 0 Å². The molecule has 116 valence electrons. The highest BCUT2D eigenvalue weighted by Gasteiger charge is 2.34. The summed E-state index contributed by atoms with van der Waals surface area (Å²) < 4.78 is 5.49. The molecule has 0 aromatic heterocycles. The molecule has 5 heteroatoms. The molecule has 0 radical (unpaired) electrons. The number of halogens is 1. The number of benzene rings is 1. The average molecular weight is 311 g/mol. The van der Waals surface area contributed by atoms with E-state index >= 15 is 0 Å². The SMILES string of the molecule is NCCCC(=O)NCC1(c2ccc(Cl)cc2)CCOCC1. The first-order valence-corrected chi connectivity index (χ1v) is 7.85. The molecule has 0 bridgehead atoms. The van der Waals surface area contributed by atoms with E-state index in [1.54, 1.807) is 0 Å². The van der Waals surface area contributed by atoms with Gasteiger partial charge in [0.15, 0.2) is 0 Å². The summed E-state index contributed by atoms with van der Waals surface area (Å²) in [6.07, 6.45) is 3.03. The van der Waals surface area contributed by atoms with E-state index in [1.807, 2.05) is 12.1 Å². The minimum absolute atomic E-state index is 0.0544. The third-order valence-corrected chi connectivity index (χ3v) is 4.39. The zero-order chi connectivity index (χ0) is 15.1. The van der Waals surface area contributed by atoms with Gasteiger partial charge < -0.3 is 15.8 Å². The van der Waals surface area contributed by atoms with Gasteiger partial charge in [-0.3, -0.25) is 4.79 Å². The van der Waals surface area contributed by atoms with E-state index in [0.29, 0.717) is 19.5 Å². The molecule has 21 heavy (non-hydrogen) atoms. The van der Waals surface area contributed by atoms with E-state index in [-0.39, 0.29) is 11.3 Å². The van der Waals surface area contributed by atoms with Crippen LogP contribution in [-0.2, 0) is 14.9 Å². The second-order valence-corrected chi connectivity index (χ2v) is 6.00. The summed E-state index contributed by atoms with van der Waals surface area (Å²) in [5.74, 6) is 0.0697. The molecule has 0 spiro atoms. The number of rotatable bonds is 6. The first-order chi connectivity index (χ1) is 10.2. The lowest BCUT2D eigenvalue weighted by molar-refractivity contribution is -0.121. The van der Waals surface area contributed by atoms with Gasteiger partial charge in [-0.25, -0.2) is 0 Å². The van der Waals surface area contributed by atoms with Gasteiger partial charge in [0.2, 0.25) is 5.91 Å². The van der Waals surface area contributed by atoms with Gasteiger partial charge in [0.1, 0.15) is 0 Å². The fraction of sp³-hybridized carbons (Fsp3) is 0.562. The van der Waals surface area contributed by atoms with Crippen molar-refractivity contribution in [2.24, 2.45) is 5.73 Å². The summed E-state index contributed by atoms with van der Waals surface area (Å²) in [7, 11) is 0. The Kier molecular flexibility index (Phi) is 6.03. The molecule has 0 atom stereocenters. The Hall–Kier alpha value is -1.10. The largest absolute Gasteiger partial charge is 0.381 e. The molecule has 2 rings (SSSR count). The summed E-state index contributed by atoms with van der Waals surface area (Å²) in [5, 5.41) is 3.79. The van der Waals surface area contributed by atoms with Crippen molar-refractivity contribution >= 4 is 17.5 Å². The van der Waals surface area contributed by atoms with Crippen LogP contribution in [0, 0.1) is 0 Å². The third-order valence-electron chi connectivity index (χ3n) is 4.14. The molecule has 1 heterocycles. The van der Waals surface area contributed by atoms with Gasteiger partial charge in [-0.15, -0.1) is 0 Å². The standard InChI is InChI=1S/C16H23ClN2O2/c17-14-5-3-13(4-6-14)16(7-10-21-11-8-16)12-19-15(20)2-1-9-18/h3-6H,1-2,7-12,18H2,(H,19,20). The van der Waals surface area contributed by atoms with Crippen LogP contribution in [0.3, 0.4) is 0 Å². The molecular formula is C16H23ClN2O2. The van der Waals surface area contributed by atoms with E-state index in [4.69, 9.17) is 22.1 Å². The van der Waals surface area contributed by atoms with Crippen LogP contribution in [0.5, 0.6) is 0 Å². The zero-order valence-electron chi connectivity index (χ0n) is 12.2. The molecule has 3 N–H and O–H groups in total. The highest BCUT2D eigenvalue weighted by molar-refractivity contribution is 6.30. The summed E-state index contributed by atoms with van der Waals surface area (Å²) in [6.45, 7) is 2.63. The summed E-state index contributed by atoms with van der Waals surface area (Å²) >= 11 is 5.97. The summed E-state index contributed by atoms with van der Waals surface area (Å²) in [4.78, 5) is 11.9. The Morgan fingerprint density at radius 1 is 1.29 bits per heavy atom. The van der Waals surface area contributed by atoms with Gasteiger partial charge >= 0.3 is 0 Å². The van der Waals surface area contributed by atoms with E-state index < -0.39 is 0 Å². The van der Waals surface area contributed by atoms with Crippen LogP contribution in [0.15, 0.2) is 24.3 Å². The van der Waals surface area contributed by atoms with Gasteiger partial charge in [-0.1, -0.05) is 23.7 Å². The Bertz CT molecular complexity index is 456. The fourth-order valence-electron chi connectivity index (χ4n) is 2.75. The maximum absolute atomic E-state index is 11.9. The Morgan fingerprint density at radius 3 is 2.57 bits per heavy atom. The number of nitrogens with one attached hydrogen (secondary N) is 1. The molecule has 1 amide bonds. The maximum atomic E-state index is 11.9. The van der Waals surface area contributed by atoms with E-state index in [1.165, 1.54) is 5.56 Å². The summed E-state index contributed by atoms with van der Waals surface area (Å²) in [6, 6.07) is 7.92. The number of nitrogens with two attached hydrogens (primary N) is 1. The number of ether oxygens (including phenoxy) is 1. The second-order valence-electron chi connectivity index (χ2n) is 5.57. The van der Waals surface area contributed by atoms with Crippen LogP contribution >= 0.6 is 11.6 Å². The van der Waals surface area contributed by atoms with Crippen LogP contribution in [0.25, 0.3) is 0 Å². The number of hydrogen-bond donors (Lipinski definition) is 2. The van der Waals surface area contributed by atoms with Gasteiger partial charge in [-0.05, 0) is 43.5 Å². The first-order valence-electron chi connectivity index (χ1n) is 7.47. The van der Waals surface area contributed by atoms with Crippen molar-refractivity contribution in [3.63, 3.8) is 0 Å². The predicted octanol–water partition coefficient (Wildman–Crippen LogP) is 2.24. The minimum atomic E-state index is -0.0544. The maximum Gasteiger partial charge on any atom is 0.220 e. The van der Waals surface area contributed by atoms with Crippen LogP contribution < -0.4 is 11.1 Å². The van der Waals surface area contributed by atoms with Crippen molar-refractivity contribution in [1.29, 1.82) is 0 Å². The molecule has 1 fully saturated rings. The minimum Gasteiger partial charge on any atom is -0.381 e. The number of carbonyl (C=O) groups is 1. The Labute approximate surface area is 131 Å². The van der Waals surface area contributed by atoms with Crippen LogP contribution in [-0.4, -0.2) is 32.2 Å². The molecule has 1 aromatic rings. The Balaban J connectivity index is 2.06. The van der Waals surface area contributed by atoms with Gasteiger partial charge in [0, 0.05) is 36.6 Å². The quantitative estimate of drug-likeness (QED) is 0.847. The second kappa shape index (κ2) is 7.78. The van der Waals surface area contributed by atoms with Gasteiger partial charge in [0.05, 0.1) is 0 Å². The molecule has 4 nitrogen and oxygen atoms in total. The van der Waals surface area contributed by atoms with Crippen molar-refractivity contribution in [1.82, 2.24) is 5.32 Å². The number of hydrogen-bond acceptors (Lipinski definition) is 3. The number of amides is 1. The monoisotopic (exact) mass is 310 g/mol. The highest BCUT2D eigenvalue weighted by atomic mass is 35.5. The summed E-state index contributed by atoms with van der Waals surface area (Å²) in [5.41, 5.74) is 6.60. The van der Waals surface area contributed by atoms with Crippen molar-refractivity contribution in [3.8, 4) is 0 Å². The van der Waals surface area contributed by atoms with E-state index in [0.717, 1.165) is 37.5 Å².